The summed E-state index contributed by atoms with van der Waals surface area (Å²) in [5, 5.41) is 9.17. The van der Waals surface area contributed by atoms with Crippen LogP contribution in [-0.4, -0.2) is 74.8 Å². The fraction of sp³-hybridized carbons (Fsp3) is 0.619. The van der Waals surface area contributed by atoms with Crippen LogP contribution < -0.4 is 4.74 Å². The van der Waals surface area contributed by atoms with Crippen molar-refractivity contribution < 1.29 is 33.6 Å². The summed E-state index contributed by atoms with van der Waals surface area (Å²) < 4.78 is 21.1. The van der Waals surface area contributed by atoms with Gasteiger partial charge in [0.1, 0.15) is 19.0 Å². The molecule has 1 aromatic rings. The van der Waals surface area contributed by atoms with E-state index < -0.39 is 12.1 Å². The van der Waals surface area contributed by atoms with E-state index in [0.29, 0.717) is 51.0 Å². The molecule has 1 atom stereocenters. The van der Waals surface area contributed by atoms with Gasteiger partial charge in [-0.3, -0.25) is 0 Å². The largest absolute Gasteiger partial charge is 0.492 e. The lowest BCUT2D eigenvalue weighted by atomic mass is 10.1. The number of hydrogen-bond acceptors (Lipinski definition) is 6. The van der Waals surface area contributed by atoms with Crippen molar-refractivity contribution >= 4 is 12.1 Å². The first kappa shape index (κ1) is 23.0. The molecule has 0 radical (unpaired) electrons. The van der Waals surface area contributed by atoms with Gasteiger partial charge in [0, 0.05) is 26.7 Å². The van der Waals surface area contributed by atoms with Gasteiger partial charge < -0.3 is 29.0 Å². The Kier molecular flexibility index (Phi) is 9.73. The maximum absolute atomic E-state index is 12.2. The van der Waals surface area contributed by atoms with E-state index in [1.807, 2.05) is 12.1 Å². The third kappa shape index (κ3) is 8.70. The number of aliphatic carboxylic acids is 1. The molecule has 29 heavy (non-hydrogen) atoms. The summed E-state index contributed by atoms with van der Waals surface area (Å²) in [6, 6.07) is 7.24. The van der Waals surface area contributed by atoms with Gasteiger partial charge in [0.25, 0.3) is 0 Å². The van der Waals surface area contributed by atoms with Crippen molar-refractivity contribution in [1.82, 2.24) is 4.90 Å². The highest BCUT2D eigenvalue weighted by Crippen LogP contribution is 2.29. The Morgan fingerprint density at radius 1 is 1.17 bits per heavy atom. The molecule has 2 rings (SSSR count). The maximum Gasteiger partial charge on any atom is 0.409 e. The van der Waals surface area contributed by atoms with Crippen LogP contribution in [0.4, 0.5) is 4.79 Å². The molecule has 1 aromatic carbocycles. The Morgan fingerprint density at radius 2 is 1.90 bits per heavy atom. The van der Waals surface area contributed by atoms with Gasteiger partial charge in [0.2, 0.25) is 0 Å². The molecular formula is C21H31NO7. The van der Waals surface area contributed by atoms with Crippen molar-refractivity contribution in [2.45, 2.75) is 32.3 Å². The Bertz CT molecular complexity index is 630. The molecule has 0 saturated heterocycles. The number of amides is 1. The number of carboxylic acid groups (broad SMARTS) is 1. The average molecular weight is 409 g/mol. The molecule has 162 valence electrons. The SMILES string of the molecule is CCOC(Cc1ccc(OCCN(CC2CC2)C(=O)OCCOC)cc1)C(=O)O. The minimum Gasteiger partial charge on any atom is -0.492 e. The Labute approximate surface area is 171 Å². The fourth-order valence-electron chi connectivity index (χ4n) is 2.80. The third-order valence-electron chi connectivity index (χ3n) is 4.56. The highest BCUT2D eigenvalue weighted by molar-refractivity contribution is 5.72. The van der Waals surface area contributed by atoms with E-state index in [-0.39, 0.29) is 12.7 Å². The molecule has 1 amide bonds. The number of carboxylic acids is 1. The second-order valence-corrected chi connectivity index (χ2v) is 6.98. The van der Waals surface area contributed by atoms with E-state index >= 15 is 0 Å². The molecule has 8 nitrogen and oxygen atoms in total. The number of carbonyl (C=O) groups excluding carboxylic acids is 1. The summed E-state index contributed by atoms with van der Waals surface area (Å²) in [4.78, 5) is 25.1. The number of nitrogens with zero attached hydrogens (tertiary/aromatic N) is 1. The molecule has 0 heterocycles. The molecule has 1 unspecified atom stereocenters. The quantitative estimate of drug-likeness (QED) is 0.472. The molecule has 1 aliphatic rings. The first-order valence-electron chi connectivity index (χ1n) is 10.00. The van der Waals surface area contributed by atoms with E-state index in [9.17, 15) is 9.59 Å². The van der Waals surface area contributed by atoms with Gasteiger partial charge in [-0.1, -0.05) is 12.1 Å². The lowest BCUT2D eigenvalue weighted by molar-refractivity contribution is -0.149. The van der Waals surface area contributed by atoms with E-state index in [2.05, 4.69) is 0 Å². The van der Waals surface area contributed by atoms with E-state index in [4.69, 9.17) is 24.1 Å². The second kappa shape index (κ2) is 12.3. The van der Waals surface area contributed by atoms with Crippen LogP contribution in [0.2, 0.25) is 0 Å². The van der Waals surface area contributed by atoms with Crippen molar-refractivity contribution in [1.29, 1.82) is 0 Å². The molecule has 0 spiro atoms. The van der Waals surface area contributed by atoms with E-state index in [0.717, 1.165) is 18.4 Å². The smallest absolute Gasteiger partial charge is 0.409 e. The lowest BCUT2D eigenvalue weighted by Crippen LogP contribution is -2.37. The molecule has 1 N–H and O–H groups in total. The molecule has 1 saturated carbocycles. The Balaban J connectivity index is 1.79. The number of carbonyl (C=O) groups is 2. The third-order valence-corrected chi connectivity index (χ3v) is 4.56. The van der Waals surface area contributed by atoms with Gasteiger partial charge in [-0.15, -0.1) is 0 Å². The Morgan fingerprint density at radius 3 is 2.48 bits per heavy atom. The maximum atomic E-state index is 12.2. The number of benzene rings is 1. The fourth-order valence-corrected chi connectivity index (χ4v) is 2.80. The predicted molar refractivity (Wildman–Crippen MR) is 106 cm³/mol. The summed E-state index contributed by atoms with van der Waals surface area (Å²) in [7, 11) is 1.56. The number of hydrogen-bond donors (Lipinski definition) is 1. The zero-order chi connectivity index (χ0) is 21.1. The summed E-state index contributed by atoms with van der Waals surface area (Å²) in [6.07, 6.45) is 1.38. The Hall–Kier alpha value is -2.32. The van der Waals surface area contributed by atoms with Gasteiger partial charge in [0.05, 0.1) is 13.2 Å². The van der Waals surface area contributed by atoms with Crippen LogP contribution in [0.1, 0.15) is 25.3 Å². The van der Waals surface area contributed by atoms with Crippen molar-refractivity contribution in [3.63, 3.8) is 0 Å². The topological polar surface area (TPSA) is 94.5 Å². The lowest BCUT2D eigenvalue weighted by Gasteiger charge is -2.22. The van der Waals surface area contributed by atoms with Crippen molar-refractivity contribution in [3.05, 3.63) is 29.8 Å². The number of ether oxygens (including phenoxy) is 4. The molecule has 0 aliphatic heterocycles. The van der Waals surface area contributed by atoms with Gasteiger partial charge in [-0.2, -0.15) is 0 Å². The first-order chi connectivity index (χ1) is 14.0. The zero-order valence-corrected chi connectivity index (χ0v) is 17.2. The first-order valence-corrected chi connectivity index (χ1v) is 10.00. The summed E-state index contributed by atoms with van der Waals surface area (Å²) >= 11 is 0. The normalized spacial score (nSPS) is 14.3. The predicted octanol–water partition coefficient (Wildman–Crippen LogP) is 2.59. The molecule has 1 fully saturated rings. The molecular weight excluding hydrogens is 378 g/mol. The molecule has 0 aromatic heterocycles. The number of rotatable bonds is 14. The average Bonchev–Trinajstić information content (AvgIpc) is 3.52. The van der Waals surface area contributed by atoms with Crippen LogP contribution in [0, 0.1) is 5.92 Å². The van der Waals surface area contributed by atoms with Gasteiger partial charge >= 0.3 is 12.1 Å². The summed E-state index contributed by atoms with van der Waals surface area (Å²) in [6.45, 7) is 4.20. The standard InChI is InChI=1S/C21H31NO7/c1-3-27-19(20(23)24)14-16-6-8-18(9-7-16)28-11-10-22(15-17-4-5-17)21(25)29-13-12-26-2/h6-9,17,19H,3-5,10-15H2,1-2H3,(H,23,24). The van der Waals surface area contributed by atoms with Gasteiger partial charge in [-0.05, 0) is 43.4 Å². The monoisotopic (exact) mass is 409 g/mol. The molecule has 1 aliphatic carbocycles. The van der Waals surface area contributed by atoms with Crippen molar-refractivity contribution in [2.75, 3.05) is 46.6 Å². The molecule has 8 heteroatoms. The van der Waals surface area contributed by atoms with Crippen LogP contribution in [-0.2, 0) is 25.4 Å². The summed E-state index contributed by atoms with van der Waals surface area (Å²) in [5.74, 6) is 0.244. The van der Waals surface area contributed by atoms with Crippen molar-refractivity contribution in [3.8, 4) is 5.75 Å². The van der Waals surface area contributed by atoms with Crippen LogP contribution in [0.25, 0.3) is 0 Å². The van der Waals surface area contributed by atoms with Gasteiger partial charge in [-0.25, -0.2) is 9.59 Å². The summed E-state index contributed by atoms with van der Waals surface area (Å²) in [5.41, 5.74) is 0.857. The zero-order valence-electron chi connectivity index (χ0n) is 17.2. The van der Waals surface area contributed by atoms with Crippen LogP contribution in [0.3, 0.4) is 0 Å². The van der Waals surface area contributed by atoms with Crippen LogP contribution in [0.5, 0.6) is 5.75 Å². The molecule has 0 bridgehead atoms. The highest BCUT2D eigenvalue weighted by atomic mass is 16.6. The van der Waals surface area contributed by atoms with Crippen LogP contribution in [0.15, 0.2) is 24.3 Å². The van der Waals surface area contributed by atoms with Gasteiger partial charge in [0.15, 0.2) is 6.10 Å². The second-order valence-electron chi connectivity index (χ2n) is 6.98. The van der Waals surface area contributed by atoms with Crippen LogP contribution >= 0.6 is 0 Å². The van der Waals surface area contributed by atoms with E-state index in [1.54, 1.807) is 31.1 Å². The minimum absolute atomic E-state index is 0.234. The highest BCUT2D eigenvalue weighted by Gasteiger charge is 2.27. The van der Waals surface area contributed by atoms with Crippen molar-refractivity contribution in [2.24, 2.45) is 5.92 Å². The number of methoxy groups -OCH3 is 1. The minimum atomic E-state index is -0.972. The van der Waals surface area contributed by atoms with E-state index in [1.165, 1.54) is 0 Å².